The molecule has 0 bridgehead atoms. The van der Waals surface area contributed by atoms with Crippen molar-refractivity contribution in [3.63, 3.8) is 0 Å². The lowest BCUT2D eigenvalue weighted by atomic mass is 10.4. The molecule has 1 rings (SSSR count). The van der Waals surface area contributed by atoms with Gasteiger partial charge in [-0.2, -0.15) is 5.10 Å². The SMILES string of the molecule is CCn1nc(N)c(Cl)c1C(=O)O. The quantitative estimate of drug-likeness (QED) is 0.722. The minimum Gasteiger partial charge on any atom is -0.476 e. The van der Waals surface area contributed by atoms with E-state index in [1.54, 1.807) is 6.92 Å². The van der Waals surface area contributed by atoms with E-state index in [-0.39, 0.29) is 16.5 Å². The molecule has 6 heteroatoms. The van der Waals surface area contributed by atoms with Crippen LogP contribution in [0.15, 0.2) is 0 Å². The minimum atomic E-state index is -1.12. The first-order chi connectivity index (χ1) is 5.57. The van der Waals surface area contributed by atoms with E-state index in [0.717, 1.165) is 0 Å². The highest BCUT2D eigenvalue weighted by Gasteiger charge is 2.18. The number of hydrogen-bond donors (Lipinski definition) is 2. The molecule has 0 amide bonds. The first-order valence-corrected chi connectivity index (χ1v) is 3.70. The van der Waals surface area contributed by atoms with Gasteiger partial charge in [-0.15, -0.1) is 0 Å². The maximum atomic E-state index is 10.6. The molecule has 0 unspecified atom stereocenters. The number of hydrogen-bond acceptors (Lipinski definition) is 3. The molecule has 5 nitrogen and oxygen atoms in total. The third kappa shape index (κ3) is 1.23. The second-order valence-corrected chi connectivity index (χ2v) is 2.55. The number of nitrogens with zero attached hydrogens (tertiary/aromatic N) is 2. The number of nitrogen functional groups attached to an aromatic ring is 1. The second-order valence-electron chi connectivity index (χ2n) is 2.17. The Kier molecular flexibility index (Phi) is 2.23. The average Bonchev–Trinajstić information content (AvgIpc) is 2.28. The van der Waals surface area contributed by atoms with E-state index in [0.29, 0.717) is 6.54 Å². The van der Waals surface area contributed by atoms with Crippen LogP contribution in [0.25, 0.3) is 0 Å². The van der Waals surface area contributed by atoms with Crippen LogP contribution in [-0.2, 0) is 6.54 Å². The number of aryl methyl sites for hydroxylation is 1. The Morgan fingerprint density at radius 1 is 1.83 bits per heavy atom. The molecule has 0 spiro atoms. The number of nitrogens with two attached hydrogens (primary N) is 1. The lowest BCUT2D eigenvalue weighted by molar-refractivity contribution is 0.0683. The molecule has 0 radical (unpaired) electrons. The minimum absolute atomic E-state index is 0.00403. The molecule has 0 aliphatic carbocycles. The van der Waals surface area contributed by atoms with Gasteiger partial charge in [0.05, 0.1) is 0 Å². The van der Waals surface area contributed by atoms with Gasteiger partial charge in [0, 0.05) is 6.54 Å². The highest BCUT2D eigenvalue weighted by Crippen LogP contribution is 2.22. The number of anilines is 1. The lowest BCUT2D eigenvalue weighted by Gasteiger charge is -1.97. The summed E-state index contributed by atoms with van der Waals surface area (Å²) in [5.41, 5.74) is 5.27. The van der Waals surface area contributed by atoms with Gasteiger partial charge in [0.15, 0.2) is 11.5 Å². The summed E-state index contributed by atoms with van der Waals surface area (Å²) >= 11 is 5.60. The zero-order valence-electron chi connectivity index (χ0n) is 6.41. The topological polar surface area (TPSA) is 81.1 Å². The summed E-state index contributed by atoms with van der Waals surface area (Å²) in [6.45, 7) is 2.19. The van der Waals surface area contributed by atoms with Crippen molar-refractivity contribution in [3.05, 3.63) is 10.7 Å². The predicted molar refractivity (Wildman–Crippen MR) is 44.3 cm³/mol. The van der Waals surface area contributed by atoms with Crippen LogP contribution in [0.4, 0.5) is 5.82 Å². The van der Waals surface area contributed by atoms with Gasteiger partial charge in [-0.25, -0.2) is 4.79 Å². The number of halogens is 1. The van der Waals surface area contributed by atoms with Crippen LogP contribution in [0.1, 0.15) is 17.4 Å². The average molecular weight is 190 g/mol. The van der Waals surface area contributed by atoms with Crippen molar-refractivity contribution >= 4 is 23.4 Å². The standard InChI is InChI=1S/C6H8ClN3O2/c1-2-10-4(6(11)12)3(7)5(8)9-10/h2H2,1H3,(H2,8,9)(H,11,12). The molecule has 0 atom stereocenters. The molecule has 0 fully saturated rings. The van der Waals surface area contributed by atoms with Crippen molar-refractivity contribution in [1.82, 2.24) is 9.78 Å². The predicted octanol–water partition coefficient (Wildman–Crippen LogP) is 0.837. The fourth-order valence-corrected chi connectivity index (χ4v) is 1.11. The molecule has 0 aliphatic heterocycles. The Balaban J connectivity index is 3.31. The van der Waals surface area contributed by atoms with Crippen molar-refractivity contribution in [2.45, 2.75) is 13.5 Å². The fraction of sp³-hybridized carbons (Fsp3) is 0.333. The first kappa shape index (κ1) is 8.86. The van der Waals surface area contributed by atoms with Gasteiger partial charge < -0.3 is 10.8 Å². The third-order valence-electron chi connectivity index (χ3n) is 1.42. The zero-order valence-corrected chi connectivity index (χ0v) is 7.17. The Labute approximate surface area is 73.7 Å². The van der Waals surface area contributed by atoms with Crippen LogP contribution in [0, 0.1) is 0 Å². The maximum absolute atomic E-state index is 10.6. The van der Waals surface area contributed by atoms with Crippen LogP contribution in [0.2, 0.25) is 5.02 Å². The molecule has 12 heavy (non-hydrogen) atoms. The molecular formula is C6H8ClN3O2. The Hall–Kier alpha value is -1.23. The highest BCUT2D eigenvalue weighted by molar-refractivity contribution is 6.35. The number of carbonyl (C=O) groups is 1. The number of carboxylic acid groups (broad SMARTS) is 1. The summed E-state index contributed by atoms with van der Waals surface area (Å²) in [4.78, 5) is 10.6. The number of aromatic carboxylic acids is 1. The number of aromatic nitrogens is 2. The Morgan fingerprint density at radius 3 is 2.75 bits per heavy atom. The van der Waals surface area contributed by atoms with Crippen molar-refractivity contribution in [3.8, 4) is 0 Å². The highest BCUT2D eigenvalue weighted by atomic mass is 35.5. The van der Waals surface area contributed by atoms with E-state index in [1.807, 2.05) is 0 Å². The molecule has 1 aromatic rings. The van der Waals surface area contributed by atoms with E-state index >= 15 is 0 Å². The Bertz CT molecular complexity index is 321. The summed E-state index contributed by atoms with van der Waals surface area (Å²) in [6, 6.07) is 0. The lowest BCUT2D eigenvalue weighted by Crippen LogP contribution is -2.08. The van der Waals surface area contributed by atoms with Gasteiger partial charge in [0.2, 0.25) is 0 Å². The first-order valence-electron chi connectivity index (χ1n) is 3.33. The smallest absolute Gasteiger partial charge is 0.355 e. The summed E-state index contributed by atoms with van der Waals surface area (Å²) < 4.78 is 1.25. The molecule has 66 valence electrons. The van der Waals surface area contributed by atoms with Gasteiger partial charge in [-0.3, -0.25) is 4.68 Å². The molecule has 1 aromatic heterocycles. The van der Waals surface area contributed by atoms with Crippen LogP contribution in [0.3, 0.4) is 0 Å². The van der Waals surface area contributed by atoms with E-state index in [2.05, 4.69) is 5.10 Å². The van der Waals surface area contributed by atoms with Crippen LogP contribution < -0.4 is 5.73 Å². The molecular weight excluding hydrogens is 182 g/mol. The van der Waals surface area contributed by atoms with Gasteiger partial charge in [-0.05, 0) is 6.92 Å². The normalized spacial score (nSPS) is 10.2. The third-order valence-corrected chi connectivity index (χ3v) is 1.79. The van der Waals surface area contributed by atoms with Gasteiger partial charge >= 0.3 is 5.97 Å². The molecule has 0 saturated carbocycles. The zero-order chi connectivity index (χ0) is 9.30. The fourth-order valence-electron chi connectivity index (χ4n) is 0.892. The Morgan fingerprint density at radius 2 is 2.42 bits per heavy atom. The van der Waals surface area contributed by atoms with Crippen molar-refractivity contribution < 1.29 is 9.90 Å². The van der Waals surface area contributed by atoms with E-state index < -0.39 is 5.97 Å². The van der Waals surface area contributed by atoms with Gasteiger partial charge in [-0.1, -0.05) is 11.6 Å². The molecule has 0 saturated heterocycles. The summed E-state index contributed by atoms with van der Waals surface area (Å²) in [5, 5.41) is 12.4. The molecule has 1 heterocycles. The maximum Gasteiger partial charge on any atom is 0.355 e. The monoisotopic (exact) mass is 189 g/mol. The number of rotatable bonds is 2. The summed E-state index contributed by atoms with van der Waals surface area (Å²) in [5.74, 6) is -1.07. The van der Waals surface area contributed by atoms with E-state index in [4.69, 9.17) is 22.4 Å². The molecule has 3 N–H and O–H groups in total. The van der Waals surface area contributed by atoms with Crippen molar-refractivity contribution in [2.75, 3.05) is 5.73 Å². The van der Waals surface area contributed by atoms with Crippen LogP contribution in [-0.4, -0.2) is 20.9 Å². The van der Waals surface area contributed by atoms with Crippen molar-refractivity contribution in [2.24, 2.45) is 0 Å². The van der Waals surface area contributed by atoms with Crippen LogP contribution in [0.5, 0.6) is 0 Å². The molecule has 0 aliphatic rings. The largest absolute Gasteiger partial charge is 0.476 e. The second kappa shape index (κ2) is 3.02. The van der Waals surface area contributed by atoms with Gasteiger partial charge in [0.1, 0.15) is 5.02 Å². The number of carboxylic acids is 1. The summed E-state index contributed by atoms with van der Waals surface area (Å²) in [6.07, 6.45) is 0. The van der Waals surface area contributed by atoms with Gasteiger partial charge in [0.25, 0.3) is 0 Å². The van der Waals surface area contributed by atoms with E-state index in [9.17, 15) is 4.79 Å². The van der Waals surface area contributed by atoms with Crippen LogP contribution >= 0.6 is 11.6 Å². The summed E-state index contributed by atoms with van der Waals surface area (Å²) in [7, 11) is 0. The van der Waals surface area contributed by atoms with E-state index in [1.165, 1.54) is 4.68 Å². The van der Waals surface area contributed by atoms with Crippen molar-refractivity contribution in [1.29, 1.82) is 0 Å². The molecule has 0 aromatic carbocycles.